The Kier molecular flexibility index (Phi) is 6.91. The van der Waals surface area contributed by atoms with Crippen LogP contribution in [-0.2, 0) is 16.6 Å². The van der Waals surface area contributed by atoms with Crippen LogP contribution in [0, 0.1) is 5.82 Å². The first-order valence-corrected chi connectivity index (χ1v) is 11.5. The van der Waals surface area contributed by atoms with Crippen LogP contribution in [0.3, 0.4) is 0 Å². The Balaban J connectivity index is 1.95. The molecule has 3 aromatic rings. The lowest BCUT2D eigenvalue weighted by atomic mass is 10.1. The van der Waals surface area contributed by atoms with Gasteiger partial charge in [0.1, 0.15) is 11.6 Å². The highest BCUT2D eigenvalue weighted by Crippen LogP contribution is 2.27. The third-order valence-electron chi connectivity index (χ3n) is 4.48. The zero-order valence-corrected chi connectivity index (χ0v) is 18.0. The number of anilines is 2. The van der Waals surface area contributed by atoms with Crippen LogP contribution < -0.4 is 14.4 Å². The Bertz CT molecular complexity index is 1150. The summed E-state index contributed by atoms with van der Waals surface area (Å²) in [6, 6.07) is 19.1. The van der Waals surface area contributed by atoms with Crippen LogP contribution in [-0.4, -0.2) is 27.2 Å². The van der Waals surface area contributed by atoms with E-state index in [4.69, 9.17) is 4.74 Å². The van der Waals surface area contributed by atoms with Gasteiger partial charge in [-0.25, -0.2) is 12.8 Å². The van der Waals surface area contributed by atoms with Crippen molar-refractivity contribution in [2.75, 3.05) is 22.5 Å². The molecule has 3 rings (SSSR count). The molecular weight excluding hydrogens is 419 g/mol. The molecule has 8 heteroatoms. The van der Waals surface area contributed by atoms with E-state index in [1.54, 1.807) is 30.3 Å². The number of para-hydroxylation sites is 1. The molecule has 0 fully saturated rings. The number of carbonyl (C=O) groups excluding carboxylic acids is 1. The molecule has 0 saturated heterocycles. The molecule has 0 aromatic heterocycles. The van der Waals surface area contributed by atoms with Gasteiger partial charge in [-0.2, -0.15) is 0 Å². The minimum absolute atomic E-state index is 0.0771. The molecule has 0 aliphatic carbocycles. The van der Waals surface area contributed by atoms with Crippen LogP contribution in [0.1, 0.15) is 22.8 Å². The third kappa shape index (κ3) is 5.82. The Morgan fingerprint density at radius 3 is 2.32 bits per heavy atom. The zero-order valence-electron chi connectivity index (χ0n) is 17.2. The van der Waals surface area contributed by atoms with Crippen LogP contribution in [0.5, 0.6) is 5.75 Å². The van der Waals surface area contributed by atoms with E-state index in [-0.39, 0.29) is 12.5 Å². The number of halogens is 1. The number of carbonyl (C=O) groups is 1. The summed E-state index contributed by atoms with van der Waals surface area (Å²) < 4.78 is 45.0. The molecule has 0 radical (unpaired) electrons. The maximum absolute atomic E-state index is 13.3. The second-order valence-corrected chi connectivity index (χ2v) is 8.73. The summed E-state index contributed by atoms with van der Waals surface area (Å²) in [5.74, 6) is -0.329. The molecule has 0 aliphatic rings. The van der Waals surface area contributed by atoms with Crippen molar-refractivity contribution in [1.29, 1.82) is 0 Å². The van der Waals surface area contributed by atoms with Crippen LogP contribution in [0.25, 0.3) is 0 Å². The summed E-state index contributed by atoms with van der Waals surface area (Å²) in [7, 11) is -3.69. The number of ether oxygens (including phenoxy) is 1. The molecule has 0 saturated carbocycles. The van der Waals surface area contributed by atoms with E-state index in [1.807, 2.05) is 25.1 Å². The Morgan fingerprint density at radius 2 is 1.71 bits per heavy atom. The van der Waals surface area contributed by atoms with E-state index in [9.17, 15) is 17.6 Å². The SMILES string of the molecule is CCOc1ccc(C(=O)Nc2ccccc2)cc1CN(c1ccc(F)cc1)S(C)(=O)=O. The lowest BCUT2D eigenvalue weighted by molar-refractivity contribution is 0.102. The van der Waals surface area contributed by atoms with Gasteiger partial charge in [-0.1, -0.05) is 18.2 Å². The predicted octanol–water partition coefficient (Wildman–Crippen LogP) is 4.44. The fraction of sp³-hybridized carbons (Fsp3) is 0.174. The molecule has 31 heavy (non-hydrogen) atoms. The number of amides is 1. The van der Waals surface area contributed by atoms with E-state index >= 15 is 0 Å². The van der Waals surface area contributed by atoms with Crippen molar-refractivity contribution in [3.63, 3.8) is 0 Å². The maximum Gasteiger partial charge on any atom is 0.255 e. The van der Waals surface area contributed by atoms with Crippen LogP contribution in [0.15, 0.2) is 72.8 Å². The average molecular weight is 443 g/mol. The van der Waals surface area contributed by atoms with Gasteiger partial charge in [-0.3, -0.25) is 9.10 Å². The van der Waals surface area contributed by atoms with Gasteiger partial charge in [0.15, 0.2) is 0 Å². The van der Waals surface area contributed by atoms with E-state index in [1.165, 1.54) is 24.3 Å². The Labute approximate surface area is 181 Å². The van der Waals surface area contributed by atoms with Gasteiger partial charge < -0.3 is 10.1 Å². The number of hydrogen-bond acceptors (Lipinski definition) is 4. The van der Waals surface area contributed by atoms with Gasteiger partial charge in [-0.15, -0.1) is 0 Å². The molecule has 1 N–H and O–H groups in total. The highest BCUT2D eigenvalue weighted by molar-refractivity contribution is 7.92. The summed E-state index contributed by atoms with van der Waals surface area (Å²) in [6.07, 6.45) is 1.07. The van der Waals surface area contributed by atoms with Gasteiger partial charge in [0.2, 0.25) is 10.0 Å². The fourth-order valence-corrected chi connectivity index (χ4v) is 3.91. The van der Waals surface area contributed by atoms with Crippen LogP contribution in [0.4, 0.5) is 15.8 Å². The van der Waals surface area contributed by atoms with Crippen molar-refractivity contribution < 1.29 is 22.3 Å². The first kappa shape index (κ1) is 22.3. The van der Waals surface area contributed by atoms with Crippen molar-refractivity contribution in [1.82, 2.24) is 0 Å². The minimum Gasteiger partial charge on any atom is -0.494 e. The summed E-state index contributed by atoms with van der Waals surface area (Å²) >= 11 is 0. The van der Waals surface area contributed by atoms with Gasteiger partial charge >= 0.3 is 0 Å². The van der Waals surface area contributed by atoms with E-state index in [2.05, 4.69) is 5.32 Å². The number of sulfonamides is 1. The van der Waals surface area contributed by atoms with E-state index in [0.717, 1.165) is 10.6 Å². The van der Waals surface area contributed by atoms with Crippen molar-refractivity contribution in [3.8, 4) is 5.75 Å². The van der Waals surface area contributed by atoms with Gasteiger partial charge in [0.25, 0.3) is 5.91 Å². The van der Waals surface area contributed by atoms with E-state index < -0.39 is 15.8 Å². The number of nitrogens with one attached hydrogen (secondary N) is 1. The molecule has 0 bridgehead atoms. The average Bonchev–Trinajstić information content (AvgIpc) is 2.74. The van der Waals surface area contributed by atoms with Crippen molar-refractivity contribution in [3.05, 3.63) is 89.7 Å². The summed E-state index contributed by atoms with van der Waals surface area (Å²) in [6.45, 7) is 2.11. The van der Waals surface area contributed by atoms with Gasteiger partial charge in [-0.05, 0) is 61.5 Å². The summed E-state index contributed by atoms with van der Waals surface area (Å²) in [5, 5.41) is 2.81. The largest absolute Gasteiger partial charge is 0.494 e. The van der Waals surface area contributed by atoms with Crippen molar-refractivity contribution in [2.45, 2.75) is 13.5 Å². The number of rotatable bonds is 8. The van der Waals surface area contributed by atoms with Crippen molar-refractivity contribution in [2.24, 2.45) is 0 Å². The molecule has 0 heterocycles. The minimum atomic E-state index is -3.69. The molecule has 0 aliphatic heterocycles. The zero-order chi connectivity index (χ0) is 22.4. The number of benzene rings is 3. The number of hydrogen-bond donors (Lipinski definition) is 1. The fourth-order valence-electron chi connectivity index (χ4n) is 3.03. The first-order valence-electron chi connectivity index (χ1n) is 9.63. The highest BCUT2D eigenvalue weighted by Gasteiger charge is 2.21. The smallest absolute Gasteiger partial charge is 0.255 e. The molecule has 1 amide bonds. The molecule has 6 nitrogen and oxygen atoms in total. The molecule has 162 valence electrons. The lowest BCUT2D eigenvalue weighted by Gasteiger charge is -2.24. The molecule has 0 unspecified atom stereocenters. The lowest BCUT2D eigenvalue weighted by Crippen LogP contribution is -2.29. The van der Waals surface area contributed by atoms with Gasteiger partial charge in [0.05, 0.1) is 25.1 Å². The standard InChI is InChI=1S/C23H23FN2O4S/c1-3-30-22-14-9-17(23(27)25-20-7-5-4-6-8-20)15-18(22)16-26(31(2,28)29)21-12-10-19(24)11-13-21/h4-15H,3,16H2,1-2H3,(H,25,27). The monoisotopic (exact) mass is 442 g/mol. The molecule has 0 spiro atoms. The molecule has 3 aromatic carbocycles. The topological polar surface area (TPSA) is 75.7 Å². The molecular formula is C23H23FN2O4S. The second-order valence-electron chi connectivity index (χ2n) is 6.82. The predicted molar refractivity (Wildman–Crippen MR) is 119 cm³/mol. The normalized spacial score (nSPS) is 11.1. The first-order chi connectivity index (χ1) is 14.8. The van der Waals surface area contributed by atoms with Crippen LogP contribution >= 0.6 is 0 Å². The summed E-state index contributed by atoms with van der Waals surface area (Å²) in [4.78, 5) is 12.7. The van der Waals surface area contributed by atoms with E-state index in [0.29, 0.717) is 34.9 Å². The highest BCUT2D eigenvalue weighted by atomic mass is 32.2. The quantitative estimate of drug-likeness (QED) is 0.560. The van der Waals surface area contributed by atoms with Crippen LogP contribution in [0.2, 0.25) is 0 Å². The Hall–Kier alpha value is -3.39. The van der Waals surface area contributed by atoms with Gasteiger partial charge in [0, 0.05) is 16.8 Å². The Morgan fingerprint density at radius 1 is 1.03 bits per heavy atom. The second kappa shape index (κ2) is 9.61. The summed E-state index contributed by atoms with van der Waals surface area (Å²) in [5.41, 5.74) is 1.82. The third-order valence-corrected chi connectivity index (χ3v) is 5.62. The number of nitrogens with zero attached hydrogens (tertiary/aromatic N) is 1. The maximum atomic E-state index is 13.3. The molecule has 0 atom stereocenters. The van der Waals surface area contributed by atoms with Crippen molar-refractivity contribution >= 4 is 27.3 Å².